The lowest BCUT2D eigenvalue weighted by Gasteiger charge is -2.09. The molecule has 0 saturated heterocycles. The Morgan fingerprint density at radius 2 is 1.86 bits per heavy atom. The van der Waals surface area contributed by atoms with Crippen molar-refractivity contribution >= 4 is 17.8 Å². The second-order valence-corrected chi connectivity index (χ2v) is 6.11. The maximum Gasteiger partial charge on any atom is 0.278 e. The zero-order valence-corrected chi connectivity index (χ0v) is 15.2. The van der Waals surface area contributed by atoms with E-state index in [1.807, 2.05) is 11.5 Å². The van der Waals surface area contributed by atoms with Gasteiger partial charge in [0.25, 0.3) is 11.6 Å². The van der Waals surface area contributed by atoms with Gasteiger partial charge < -0.3 is 4.57 Å². The Morgan fingerprint density at radius 3 is 2.54 bits per heavy atom. The van der Waals surface area contributed by atoms with Crippen molar-refractivity contribution in [2.75, 3.05) is 0 Å². The van der Waals surface area contributed by atoms with E-state index >= 15 is 0 Å². The third-order valence-electron chi connectivity index (χ3n) is 4.26. The van der Waals surface area contributed by atoms with Gasteiger partial charge in [0.2, 0.25) is 0 Å². The highest BCUT2D eigenvalue weighted by atomic mass is 19.1. The summed E-state index contributed by atoms with van der Waals surface area (Å²) < 4.78 is 15.0. The standard InChI is InChI=1S/C20H17FN4O3/c1-13-11-18(14(2)24(13)17-9-7-16(21)8-10-17)20(26)23-22-12-15-5-3-4-6-19(15)25(27)28/h3-12H,1-2H3,(H,23,26)/b22-12+. The molecule has 28 heavy (non-hydrogen) atoms. The summed E-state index contributed by atoms with van der Waals surface area (Å²) in [5, 5.41) is 14.8. The first kappa shape index (κ1) is 19.0. The number of hydrogen-bond acceptors (Lipinski definition) is 4. The molecule has 0 radical (unpaired) electrons. The lowest BCUT2D eigenvalue weighted by molar-refractivity contribution is -0.385. The van der Waals surface area contributed by atoms with Crippen molar-refractivity contribution in [2.45, 2.75) is 13.8 Å². The smallest absolute Gasteiger partial charge is 0.278 e. The van der Waals surface area contributed by atoms with Gasteiger partial charge in [0.05, 0.1) is 22.3 Å². The highest BCUT2D eigenvalue weighted by molar-refractivity contribution is 5.96. The van der Waals surface area contributed by atoms with Crippen molar-refractivity contribution in [1.29, 1.82) is 0 Å². The molecule has 1 heterocycles. The van der Waals surface area contributed by atoms with Crippen LogP contribution >= 0.6 is 0 Å². The monoisotopic (exact) mass is 380 g/mol. The molecule has 0 aliphatic rings. The quantitative estimate of drug-likeness (QED) is 0.413. The fourth-order valence-corrected chi connectivity index (χ4v) is 2.96. The summed E-state index contributed by atoms with van der Waals surface area (Å²) in [6.45, 7) is 3.61. The molecule has 3 aromatic rings. The summed E-state index contributed by atoms with van der Waals surface area (Å²) in [6, 6.07) is 13.8. The molecule has 1 amide bonds. The van der Waals surface area contributed by atoms with Crippen molar-refractivity contribution in [3.63, 3.8) is 0 Å². The number of carbonyl (C=O) groups is 1. The highest BCUT2D eigenvalue weighted by Crippen LogP contribution is 2.21. The number of halogens is 1. The van der Waals surface area contributed by atoms with Crippen molar-refractivity contribution in [2.24, 2.45) is 5.10 Å². The van der Waals surface area contributed by atoms with Crippen LogP contribution in [0.25, 0.3) is 5.69 Å². The summed E-state index contributed by atoms with van der Waals surface area (Å²) in [4.78, 5) is 23.0. The number of nitrogens with one attached hydrogen (secondary N) is 1. The first-order chi connectivity index (χ1) is 13.4. The molecule has 0 bridgehead atoms. The van der Waals surface area contributed by atoms with Gasteiger partial charge in [-0.1, -0.05) is 12.1 Å². The molecule has 0 spiro atoms. The van der Waals surface area contributed by atoms with Crippen LogP contribution in [-0.4, -0.2) is 21.6 Å². The molecular formula is C20H17FN4O3. The molecule has 142 valence electrons. The van der Waals surface area contributed by atoms with E-state index in [4.69, 9.17) is 0 Å². The molecule has 2 aromatic carbocycles. The van der Waals surface area contributed by atoms with Gasteiger partial charge in [0.1, 0.15) is 5.82 Å². The first-order valence-electron chi connectivity index (χ1n) is 8.40. The summed E-state index contributed by atoms with van der Waals surface area (Å²) in [5.74, 6) is -0.787. The van der Waals surface area contributed by atoms with Gasteiger partial charge in [-0.2, -0.15) is 5.10 Å². The van der Waals surface area contributed by atoms with E-state index in [1.54, 1.807) is 37.3 Å². The third-order valence-corrected chi connectivity index (χ3v) is 4.26. The number of benzene rings is 2. The van der Waals surface area contributed by atoms with Gasteiger partial charge in [-0.3, -0.25) is 14.9 Å². The van der Waals surface area contributed by atoms with Crippen molar-refractivity contribution < 1.29 is 14.1 Å². The summed E-state index contributed by atoms with van der Waals surface area (Å²) in [7, 11) is 0. The minimum atomic E-state index is -0.514. The van der Waals surface area contributed by atoms with Crippen molar-refractivity contribution in [1.82, 2.24) is 9.99 Å². The predicted octanol–water partition coefficient (Wildman–Crippen LogP) is 3.91. The van der Waals surface area contributed by atoms with Crippen LogP contribution in [0.2, 0.25) is 0 Å². The molecule has 3 rings (SSSR count). The number of aromatic nitrogens is 1. The summed E-state index contributed by atoms with van der Waals surface area (Å²) in [5.41, 5.74) is 5.18. The average molecular weight is 380 g/mol. The first-order valence-corrected chi connectivity index (χ1v) is 8.40. The van der Waals surface area contributed by atoms with Crippen LogP contribution < -0.4 is 5.43 Å². The zero-order valence-electron chi connectivity index (χ0n) is 15.2. The molecule has 0 aliphatic carbocycles. The van der Waals surface area contributed by atoms with Crippen LogP contribution in [0.4, 0.5) is 10.1 Å². The molecule has 1 N–H and O–H groups in total. The second-order valence-electron chi connectivity index (χ2n) is 6.11. The van der Waals surface area contributed by atoms with Crippen LogP contribution in [0.15, 0.2) is 59.7 Å². The maximum absolute atomic E-state index is 13.2. The Bertz CT molecular complexity index is 1070. The fourth-order valence-electron chi connectivity index (χ4n) is 2.96. The average Bonchev–Trinajstić information content (AvgIpc) is 2.97. The van der Waals surface area contributed by atoms with E-state index in [2.05, 4.69) is 10.5 Å². The van der Waals surface area contributed by atoms with Gasteiger partial charge in [0, 0.05) is 23.1 Å². The van der Waals surface area contributed by atoms with E-state index in [0.717, 1.165) is 11.4 Å². The van der Waals surface area contributed by atoms with E-state index < -0.39 is 10.8 Å². The minimum Gasteiger partial charge on any atom is -0.318 e. The normalized spacial score (nSPS) is 11.0. The number of carbonyl (C=O) groups excluding carboxylic acids is 1. The van der Waals surface area contributed by atoms with Gasteiger partial charge in [-0.15, -0.1) is 0 Å². The number of hydrazone groups is 1. The van der Waals surface area contributed by atoms with Gasteiger partial charge in [-0.05, 0) is 50.2 Å². The Labute approximate surface area is 160 Å². The van der Waals surface area contributed by atoms with E-state index in [-0.39, 0.29) is 17.1 Å². The van der Waals surface area contributed by atoms with Crippen LogP contribution in [0.3, 0.4) is 0 Å². The van der Waals surface area contributed by atoms with Gasteiger partial charge in [0.15, 0.2) is 0 Å². The number of nitro benzene ring substituents is 1. The SMILES string of the molecule is Cc1cc(C(=O)N/N=C/c2ccccc2[N+](=O)[O-])c(C)n1-c1ccc(F)cc1. The topological polar surface area (TPSA) is 89.5 Å². The van der Waals surface area contributed by atoms with Crippen LogP contribution in [0.1, 0.15) is 27.3 Å². The van der Waals surface area contributed by atoms with Crippen LogP contribution in [0, 0.1) is 29.8 Å². The number of para-hydroxylation sites is 1. The molecule has 8 heteroatoms. The van der Waals surface area contributed by atoms with Crippen LogP contribution in [0.5, 0.6) is 0 Å². The lowest BCUT2D eigenvalue weighted by Crippen LogP contribution is -2.18. The van der Waals surface area contributed by atoms with Crippen LogP contribution in [-0.2, 0) is 0 Å². The van der Waals surface area contributed by atoms with Crippen molar-refractivity contribution in [3.8, 4) is 5.69 Å². The van der Waals surface area contributed by atoms with E-state index in [1.165, 1.54) is 30.5 Å². The number of rotatable bonds is 5. The lowest BCUT2D eigenvalue weighted by atomic mass is 10.2. The maximum atomic E-state index is 13.2. The number of nitro groups is 1. The van der Waals surface area contributed by atoms with E-state index in [9.17, 15) is 19.3 Å². The predicted molar refractivity (Wildman–Crippen MR) is 103 cm³/mol. The number of hydrogen-bond donors (Lipinski definition) is 1. The van der Waals surface area contributed by atoms with Gasteiger partial charge in [-0.25, -0.2) is 9.82 Å². The van der Waals surface area contributed by atoms with Crippen molar-refractivity contribution in [3.05, 3.63) is 93.0 Å². The molecule has 0 fully saturated rings. The molecular weight excluding hydrogens is 363 g/mol. The largest absolute Gasteiger partial charge is 0.318 e. The van der Waals surface area contributed by atoms with E-state index in [0.29, 0.717) is 11.3 Å². The summed E-state index contributed by atoms with van der Waals surface area (Å²) >= 11 is 0. The minimum absolute atomic E-state index is 0.102. The molecule has 0 aliphatic heterocycles. The Morgan fingerprint density at radius 1 is 1.18 bits per heavy atom. The highest BCUT2D eigenvalue weighted by Gasteiger charge is 2.16. The fraction of sp³-hybridized carbons (Fsp3) is 0.100. The molecule has 1 aromatic heterocycles. The molecule has 7 nitrogen and oxygen atoms in total. The number of amides is 1. The van der Waals surface area contributed by atoms with Gasteiger partial charge >= 0.3 is 0 Å². The number of aryl methyl sites for hydroxylation is 1. The Balaban J connectivity index is 1.82. The molecule has 0 unspecified atom stereocenters. The molecule has 0 saturated carbocycles. The Hall–Kier alpha value is -3.81. The second kappa shape index (κ2) is 7.83. The number of nitrogens with zero attached hydrogens (tertiary/aromatic N) is 3. The zero-order chi connectivity index (χ0) is 20.3. The molecule has 0 atom stereocenters. The Kier molecular flexibility index (Phi) is 5.30. The third kappa shape index (κ3) is 3.80. The summed E-state index contributed by atoms with van der Waals surface area (Å²) in [6.07, 6.45) is 1.23.